The Morgan fingerprint density at radius 2 is 2.00 bits per heavy atom. The van der Waals surface area contributed by atoms with Crippen molar-refractivity contribution in [3.8, 4) is 0 Å². The van der Waals surface area contributed by atoms with E-state index < -0.39 is 0 Å². The molecule has 3 nitrogen and oxygen atoms in total. The summed E-state index contributed by atoms with van der Waals surface area (Å²) in [4.78, 5) is 8.51. The summed E-state index contributed by atoms with van der Waals surface area (Å²) in [6.07, 6.45) is 3.47. The van der Waals surface area contributed by atoms with Crippen LogP contribution in [0, 0.1) is 13.8 Å². The normalized spacial score (nSPS) is 12.2. The fraction of sp³-hybridized carbons (Fsp3) is 0.286. The molecule has 0 aliphatic carbocycles. The highest BCUT2D eigenvalue weighted by Crippen LogP contribution is 2.23. The molecule has 0 bridgehead atoms. The van der Waals surface area contributed by atoms with Crippen LogP contribution in [0.4, 0.5) is 5.82 Å². The van der Waals surface area contributed by atoms with Gasteiger partial charge in [0.1, 0.15) is 5.82 Å². The largest absolute Gasteiger partial charge is 0.362 e. The molecule has 4 heteroatoms. The lowest BCUT2D eigenvalue weighted by atomic mass is 10.0. The highest BCUT2D eigenvalue weighted by molar-refractivity contribution is 6.30. The summed E-state index contributed by atoms with van der Waals surface area (Å²) in [5.41, 5.74) is 3.28. The Morgan fingerprint density at radius 1 is 1.22 bits per heavy atom. The van der Waals surface area contributed by atoms with Crippen LogP contribution in [-0.2, 0) is 0 Å². The molecule has 1 atom stereocenters. The van der Waals surface area contributed by atoms with E-state index in [1.54, 1.807) is 12.4 Å². The highest BCUT2D eigenvalue weighted by Gasteiger charge is 2.09. The van der Waals surface area contributed by atoms with Crippen LogP contribution in [0.3, 0.4) is 0 Å². The second-order valence-corrected chi connectivity index (χ2v) is 4.85. The van der Waals surface area contributed by atoms with Gasteiger partial charge in [-0.25, -0.2) is 4.98 Å². The van der Waals surface area contributed by atoms with Crippen molar-refractivity contribution in [2.24, 2.45) is 0 Å². The molecule has 1 aromatic heterocycles. The number of hydrogen-bond acceptors (Lipinski definition) is 3. The van der Waals surface area contributed by atoms with Crippen molar-refractivity contribution in [3.63, 3.8) is 0 Å². The molecule has 2 rings (SSSR count). The molecule has 0 fully saturated rings. The van der Waals surface area contributed by atoms with Gasteiger partial charge in [0.15, 0.2) is 0 Å². The maximum atomic E-state index is 5.96. The Balaban J connectivity index is 2.19. The van der Waals surface area contributed by atoms with Gasteiger partial charge in [-0.2, -0.15) is 0 Å². The average molecular weight is 262 g/mol. The van der Waals surface area contributed by atoms with Gasteiger partial charge in [-0.05, 0) is 44.0 Å². The van der Waals surface area contributed by atoms with E-state index in [0.29, 0.717) is 0 Å². The van der Waals surface area contributed by atoms with E-state index in [0.717, 1.165) is 16.5 Å². The van der Waals surface area contributed by atoms with Crippen LogP contribution >= 0.6 is 11.6 Å². The SMILES string of the molecule is Cc1cncc(NC(C)c2ccc(Cl)cc2C)n1. The molecule has 0 saturated carbocycles. The van der Waals surface area contributed by atoms with Crippen LogP contribution in [0.15, 0.2) is 30.6 Å². The van der Waals surface area contributed by atoms with E-state index in [4.69, 9.17) is 11.6 Å². The average Bonchev–Trinajstić information content (AvgIpc) is 2.28. The first kappa shape index (κ1) is 12.8. The molecule has 1 N–H and O–H groups in total. The zero-order valence-electron chi connectivity index (χ0n) is 10.7. The first-order chi connectivity index (χ1) is 8.56. The van der Waals surface area contributed by atoms with Crippen molar-refractivity contribution in [3.05, 3.63) is 52.4 Å². The minimum absolute atomic E-state index is 0.165. The topological polar surface area (TPSA) is 37.8 Å². The van der Waals surface area contributed by atoms with Crippen molar-refractivity contribution in [2.45, 2.75) is 26.8 Å². The fourth-order valence-electron chi connectivity index (χ4n) is 1.96. The maximum Gasteiger partial charge on any atom is 0.145 e. The third kappa shape index (κ3) is 2.99. The number of anilines is 1. The van der Waals surface area contributed by atoms with E-state index >= 15 is 0 Å². The van der Waals surface area contributed by atoms with E-state index in [2.05, 4.69) is 29.1 Å². The van der Waals surface area contributed by atoms with Gasteiger partial charge in [0.25, 0.3) is 0 Å². The molecular formula is C14H16ClN3. The van der Waals surface area contributed by atoms with Crippen LogP contribution in [0.1, 0.15) is 29.8 Å². The van der Waals surface area contributed by atoms with Crippen LogP contribution in [-0.4, -0.2) is 9.97 Å². The number of halogens is 1. The zero-order chi connectivity index (χ0) is 13.1. The predicted molar refractivity (Wildman–Crippen MR) is 75.0 cm³/mol. The van der Waals surface area contributed by atoms with E-state index in [-0.39, 0.29) is 6.04 Å². The molecule has 0 aliphatic heterocycles. The van der Waals surface area contributed by atoms with Gasteiger partial charge in [-0.15, -0.1) is 0 Å². The lowest BCUT2D eigenvalue weighted by Crippen LogP contribution is -2.10. The van der Waals surface area contributed by atoms with Crippen molar-refractivity contribution in [2.75, 3.05) is 5.32 Å². The summed E-state index contributed by atoms with van der Waals surface area (Å²) in [6.45, 7) is 6.08. The number of nitrogens with one attached hydrogen (secondary N) is 1. The van der Waals surface area contributed by atoms with Gasteiger partial charge < -0.3 is 5.32 Å². The quantitative estimate of drug-likeness (QED) is 0.910. The lowest BCUT2D eigenvalue weighted by molar-refractivity contribution is 0.859. The summed E-state index contributed by atoms with van der Waals surface area (Å²) in [5.74, 6) is 0.789. The first-order valence-corrected chi connectivity index (χ1v) is 6.25. The maximum absolute atomic E-state index is 5.96. The molecule has 94 valence electrons. The number of nitrogens with zero attached hydrogens (tertiary/aromatic N) is 2. The van der Waals surface area contributed by atoms with Gasteiger partial charge in [0.05, 0.1) is 17.9 Å². The molecule has 0 spiro atoms. The molecule has 18 heavy (non-hydrogen) atoms. The van der Waals surface area contributed by atoms with Gasteiger partial charge in [0.2, 0.25) is 0 Å². The third-order valence-electron chi connectivity index (χ3n) is 2.82. The second kappa shape index (κ2) is 5.36. The monoisotopic (exact) mass is 261 g/mol. The Labute approximate surface area is 112 Å². The summed E-state index contributed by atoms with van der Waals surface area (Å²) in [5, 5.41) is 4.11. The Morgan fingerprint density at radius 3 is 2.67 bits per heavy atom. The molecular weight excluding hydrogens is 246 g/mol. The van der Waals surface area contributed by atoms with Crippen LogP contribution < -0.4 is 5.32 Å². The minimum Gasteiger partial charge on any atom is -0.362 e. The second-order valence-electron chi connectivity index (χ2n) is 4.41. The van der Waals surface area contributed by atoms with Crippen LogP contribution in [0.25, 0.3) is 0 Å². The van der Waals surface area contributed by atoms with Crippen molar-refractivity contribution >= 4 is 17.4 Å². The summed E-state index contributed by atoms with van der Waals surface area (Å²) in [6, 6.07) is 6.08. The summed E-state index contributed by atoms with van der Waals surface area (Å²) >= 11 is 5.96. The predicted octanol–water partition coefficient (Wildman–Crippen LogP) is 3.92. The lowest BCUT2D eigenvalue weighted by Gasteiger charge is -2.17. The molecule has 1 aromatic carbocycles. The van der Waals surface area contributed by atoms with Crippen molar-refractivity contribution in [1.82, 2.24) is 9.97 Å². The number of aryl methyl sites for hydroxylation is 2. The number of aromatic nitrogens is 2. The highest BCUT2D eigenvalue weighted by atomic mass is 35.5. The van der Waals surface area contributed by atoms with Crippen molar-refractivity contribution < 1.29 is 0 Å². The van der Waals surface area contributed by atoms with Crippen LogP contribution in [0.5, 0.6) is 0 Å². The molecule has 2 aromatic rings. The Kier molecular flexibility index (Phi) is 3.82. The Hall–Kier alpha value is -1.61. The summed E-state index contributed by atoms with van der Waals surface area (Å²) < 4.78 is 0. The molecule has 0 amide bonds. The summed E-state index contributed by atoms with van der Waals surface area (Å²) in [7, 11) is 0. The van der Waals surface area contributed by atoms with Gasteiger partial charge >= 0.3 is 0 Å². The van der Waals surface area contributed by atoms with E-state index in [1.807, 2.05) is 25.1 Å². The van der Waals surface area contributed by atoms with E-state index in [1.165, 1.54) is 11.1 Å². The smallest absolute Gasteiger partial charge is 0.145 e. The Bertz CT molecular complexity index is 554. The standard InChI is InChI=1S/C14H16ClN3/c1-9-6-12(15)4-5-13(9)11(3)18-14-8-16-7-10(2)17-14/h4-8,11H,1-3H3,(H,17,18). The van der Waals surface area contributed by atoms with E-state index in [9.17, 15) is 0 Å². The molecule has 0 aliphatic rings. The number of rotatable bonds is 3. The minimum atomic E-state index is 0.165. The number of hydrogen-bond donors (Lipinski definition) is 1. The molecule has 1 heterocycles. The number of benzene rings is 1. The van der Waals surface area contributed by atoms with Gasteiger partial charge in [-0.1, -0.05) is 17.7 Å². The van der Waals surface area contributed by atoms with Gasteiger partial charge in [0, 0.05) is 11.2 Å². The molecule has 0 saturated heterocycles. The zero-order valence-corrected chi connectivity index (χ0v) is 11.5. The molecule has 1 unspecified atom stereocenters. The van der Waals surface area contributed by atoms with Crippen molar-refractivity contribution in [1.29, 1.82) is 0 Å². The first-order valence-electron chi connectivity index (χ1n) is 5.87. The third-order valence-corrected chi connectivity index (χ3v) is 3.05. The fourth-order valence-corrected chi connectivity index (χ4v) is 2.18. The van der Waals surface area contributed by atoms with Crippen LogP contribution in [0.2, 0.25) is 5.02 Å². The molecule has 0 radical (unpaired) electrons. The van der Waals surface area contributed by atoms with Gasteiger partial charge in [-0.3, -0.25) is 4.98 Å².